The summed E-state index contributed by atoms with van der Waals surface area (Å²) in [5, 5.41) is 3.78. The SMILES string of the molecule is CNC(c1ccc(C(C)(C)C)cc1)c1cc(F)ccc1Cl. The molecule has 3 heteroatoms. The van der Waals surface area contributed by atoms with Gasteiger partial charge in [0, 0.05) is 5.02 Å². The van der Waals surface area contributed by atoms with Crippen LogP contribution in [0.1, 0.15) is 43.5 Å². The first-order valence-corrected chi connectivity index (χ1v) is 7.43. The summed E-state index contributed by atoms with van der Waals surface area (Å²) in [6.45, 7) is 6.54. The van der Waals surface area contributed by atoms with Crippen LogP contribution in [0, 0.1) is 5.82 Å². The second-order valence-electron chi connectivity index (χ2n) is 6.26. The zero-order valence-electron chi connectivity index (χ0n) is 12.9. The van der Waals surface area contributed by atoms with Crippen LogP contribution >= 0.6 is 11.6 Å². The van der Waals surface area contributed by atoms with Crippen molar-refractivity contribution in [2.45, 2.75) is 32.2 Å². The smallest absolute Gasteiger partial charge is 0.123 e. The topological polar surface area (TPSA) is 12.0 Å². The molecule has 1 atom stereocenters. The van der Waals surface area contributed by atoms with Crippen LogP contribution in [0.3, 0.4) is 0 Å². The maximum atomic E-state index is 13.5. The molecule has 0 saturated heterocycles. The predicted molar refractivity (Wildman–Crippen MR) is 87.5 cm³/mol. The van der Waals surface area contributed by atoms with Gasteiger partial charge in [-0.25, -0.2) is 4.39 Å². The highest BCUT2D eigenvalue weighted by Gasteiger charge is 2.18. The molecule has 0 aromatic heterocycles. The third kappa shape index (κ3) is 3.63. The Balaban J connectivity index is 2.40. The number of hydrogen-bond acceptors (Lipinski definition) is 1. The lowest BCUT2D eigenvalue weighted by Crippen LogP contribution is -2.19. The molecule has 1 N–H and O–H groups in total. The van der Waals surface area contributed by atoms with Gasteiger partial charge in [0.1, 0.15) is 5.82 Å². The molecule has 0 heterocycles. The Labute approximate surface area is 131 Å². The Hall–Kier alpha value is -1.38. The van der Waals surface area contributed by atoms with E-state index in [0.717, 1.165) is 11.1 Å². The lowest BCUT2D eigenvalue weighted by molar-refractivity contribution is 0.589. The summed E-state index contributed by atoms with van der Waals surface area (Å²) in [6, 6.07) is 12.7. The van der Waals surface area contributed by atoms with Crippen LogP contribution in [0.2, 0.25) is 5.02 Å². The average molecular weight is 306 g/mol. The lowest BCUT2D eigenvalue weighted by atomic mass is 9.86. The fourth-order valence-corrected chi connectivity index (χ4v) is 2.64. The second kappa shape index (κ2) is 6.17. The van der Waals surface area contributed by atoms with Crippen molar-refractivity contribution < 1.29 is 4.39 Å². The van der Waals surface area contributed by atoms with Crippen LogP contribution in [-0.2, 0) is 5.41 Å². The number of halogens is 2. The maximum absolute atomic E-state index is 13.5. The van der Waals surface area contributed by atoms with Gasteiger partial charge in [-0.1, -0.05) is 56.6 Å². The summed E-state index contributed by atoms with van der Waals surface area (Å²) in [5.74, 6) is -0.277. The quantitative estimate of drug-likeness (QED) is 0.833. The van der Waals surface area contributed by atoms with E-state index in [9.17, 15) is 4.39 Å². The number of rotatable bonds is 3. The molecule has 0 aliphatic rings. The van der Waals surface area contributed by atoms with E-state index >= 15 is 0 Å². The Morgan fingerprint density at radius 3 is 2.19 bits per heavy atom. The van der Waals surface area contributed by atoms with Crippen molar-refractivity contribution in [3.05, 3.63) is 70.0 Å². The van der Waals surface area contributed by atoms with Crippen molar-refractivity contribution in [1.82, 2.24) is 5.32 Å². The number of hydrogen-bond donors (Lipinski definition) is 1. The Kier molecular flexibility index (Phi) is 4.70. The molecule has 0 saturated carbocycles. The molecule has 112 valence electrons. The largest absolute Gasteiger partial charge is 0.309 e. The highest BCUT2D eigenvalue weighted by atomic mass is 35.5. The van der Waals surface area contributed by atoms with Crippen molar-refractivity contribution in [3.63, 3.8) is 0 Å². The predicted octanol–water partition coefficient (Wildman–Crippen LogP) is 5.09. The van der Waals surface area contributed by atoms with E-state index in [1.165, 1.54) is 17.7 Å². The van der Waals surface area contributed by atoms with E-state index in [1.54, 1.807) is 6.07 Å². The van der Waals surface area contributed by atoms with Crippen molar-refractivity contribution in [2.24, 2.45) is 0 Å². The Morgan fingerprint density at radius 2 is 1.67 bits per heavy atom. The van der Waals surface area contributed by atoms with Gasteiger partial charge < -0.3 is 5.32 Å². The van der Waals surface area contributed by atoms with Gasteiger partial charge in [0.25, 0.3) is 0 Å². The lowest BCUT2D eigenvalue weighted by Gasteiger charge is -2.22. The number of nitrogens with one attached hydrogen (secondary N) is 1. The average Bonchev–Trinajstić information content (AvgIpc) is 2.43. The fourth-order valence-electron chi connectivity index (χ4n) is 2.41. The van der Waals surface area contributed by atoms with Crippen LogP contribution < -0.4 is 5.32 Å². The molecule has 2 rings (SSSR count). The highest BCUT2D eigenvalue weighted by Crippen LogP contribution is 2.30. The first kappa shape index (κ1) is 16.0. The minimum Gasteiger partial charge on any atom is -0.309 e. The van der Waals surface area contributed by atoms with E-state index in [-0.39, 0.29) is 17.3 Å². The first-order chi connectivity index (χ1) is 9.82. The third-order valence-corrected chi connectivity index (χ3v) is 4.01. The van der Waals surface area contributed by atoms with Gasteiger partial charge in [-0.2, -0.15) is 0 Å². The molecule has 0 fully saturated rings. The van der Waals surface area contributed by atoms with E-state index in [1.807, 2.05) is 7.05 Å². The van der Waals surface area contributed by atoms with Crippen LogP contribution in [0.15, 0.2) is 42.5 Å². The molecule has 0 amide bonds. The molecule has 1 unspecified atom stereocenters. The summed E-state index contributed by atoms with van der Waals surface area (Å²) in [6.07, 6.45) is 0. The summed E-state index contributed by atoms with van der Waals surface area (Å²) >= 11 is 6.22. The Morgan fingerprint density at radius 1 is 1.05 bits per heavy atom. The van der Waals surface area contributed by atoms with E-state index in [0.29, 0.717) is 5.02 Å². The maximum Gasteiger partial charge on any atom is 0.123 e. The third-order valence-electron chi connectivity index (χ3n) is 3.67. The van der Waals surface area contributed by atoms with Crippen LogP contribution in [-0.4, -0.2) is 7.05 Å². The van der Waals surface area contributed by atoms with Gasteiger partial charge in [0.15, 0.2) is 0 Å². The Bertz CT molecular complexity index is 614. The van der Waals surface area contributed by atoms with E-state index in [2.05, 4.69) is 50.4 Å². The fraction of sp³-hybridized carbons (Fsp3) is 0.333. The van der Waals surface area contributed by atoms with Crippen LogP contribution in [0.25, 0.3) is 0 Å². The molecule has 2 aromatic carbocycles. The molecule has 21 heavy (non-hydrogen) atoms. The zero-order chi connectivity index (χ0) is 15.6. The van der Waals surface area contributed by atoms with Crippen LogP contribution in [0.5, 0.6) is 0 Å². The van der Waals surface area contributed by atoms with Crippen molar-refractivity contribution in [2.75, 3.05) is 7.05 Å². The van der Waals surface area contributed by atoms with Gasteiger partial charge in [-0.3, -0.25) is 0 Å². The van der Waals surface area contributed by atoms with Gasteiger partial charge in [0.05, 0.1) is 6.04 Å². The van der Waals surface area contributed by atoms with E-state index < -0.39 is 0 Å². The summed E-state index contributed by atoms with van der Waals surface area (Å²) in [4.78, 5) is 0. The minimum atomic E-state index is -0.277. The summed E-state index contributed by atoms with van der Waals surface area (Å²) in [7, 11) is 1.85. The molecular formula is C18H21ClFN. The molecule has 0 aliphatic heterocycles. The standard InChI is InChI=1S/C18H21ClFN/c1-18(2,3)13-7-5-12(6-8-13)17(21-4)15-11-14(20)9-10-16(15)19/h5-11,17,21H,1-4H3. The first-order valence-electron chi connectivity index (χ1n) is 7.05. The van der Waals surface area contributed by atoms with Crippen molar-refractivity contribution in [3.8, 4) is 0 Å². The van der Waals surface area contributed by atoms with Gasteiger partial charge in [-0.15, -0.1) is 0 Å². The minimum absolute atomic E-state index is 0.115. The molecule has 1 nitrogen and oxygen atoms in total. The monoisotopic (exact) mass is 305 g/mol. The van der Waals surface area contributed by atoms with Crippen molar-refractivity contribution in [1.29, 1.82) is 0 Å². The molecule has 0 aliphatic carbocycles. The summed E-state index contributed by atoms with van der Waals surface area (Å²) in [5.41, 5.74) is 3.21. The normalized spacial score (nSPS) is 13.2. The zero-order valence-corrected chi connectivity index (χ0v) is 13.6. The molecule has 0 bridgehead atoms. The second-order valence-corrected chi connectivity index (χ2v) is 6.67. The van der Waals surface area contributed by atoms with Gasteiger partial charge in [-0.05, 0) is 47.4 Å². The van der Waals surface area contributed by atoms with Gasteiger partial charge in [0.2, 0.25) is 0 Å². The van der Waals surface area contributed by atoms with E-state index in [4.69, 9.17) is 11.6 Å². The highest BCUT2D eigenvalue weighted by molar-refractivity contribution is 6.31. The summed E-state index contributed by atoms with van der Waals surface area (Å²) < 4.78 is 13.5. The molecular weight excluding hydrogens is 285 g/mol. The van der Waals surface area contributed by atoms with Crippen molar-refractivity contribution >= 4 is 11.6 Å². The van der Waals surface area contributed by atoms with Gasteiger partial charge >= 0.3 is 0 Å². The number of benzene rings is 2. The van der Waals surface area contributed by atoms with Crippen LogP contribution in [0.4, 0.5) is 4.39 Å². The molecule has 0 radical (unpaired) electrons. The molecule has 2 aromatic rings. The molecule has 0 spiro atoms.